The van der Waals surface area contributed by atoms with Crippen LogP contribution in [0.4, 0.5) is 10.5 Å². The number of nitrogens with zero attached hydrogens (tertiary/aromatic N) is 3. The summed E-state index contributed by atoms with van der Waals surface area (Å²) in [5.41, 5.74) is 2.53. The van der Waals surface area contributed by atoms with Crippen molar-refractivity contribution in [3.8, 4) is 0 Å². The maximum absolute atomic E-state index is 11.7. The molecule has 3 saturated heterocycles. The minimum Gasteiger partial charge on any atom is -0.371 e. The lowest BCUT2D eigenvalue weighted by atomic mass is 10.1. The van der Waals surface area contributed by atoms with Gasteiger partial charge in [0.05, 0.1) is 6.04 Å². The normalized spacial score (nSPS) is 24.9. The maximum Gasteiger partial charge on any atom is 0.317 e. The lowest BCUT2D eigenvalue weighted by Gasteiger charge is -2.37. The molecule has 0 aromatic heterocycles. The van der Waals surface area contributed by atoms with Crippen LogP contribution in [-0.2, 0) is 6.54 Å². The van der Waals surface area contributed by atoms with Gasteiger partial charge >= 0.3 is 6.03 Å². The Bertz CT molecular complexity index is 602. The van der Waals surface area contributed by atoms with Gasteiger partial charge in [0.15, 0.2) is 0 Å². The molecule has 0 spiro atoms. The van der Waals surface area contributed by atoms with Crippen LogP contribution in [0, 0.1) is 0 Å². The zero-order chi connectivity index (χ0) is 15.8. The summed E-state index contributed by atoms with van der Waals surface area (Å²) in [5.74, 6) is 0. The molecule has 124 valence electrons. The first-order valence-corrected chi connectivity index (χ1v) is 8.89. The predicted octanol–water partition coefficient (Wildman–Crippen LogP) is 2.15. The Morgan fingerprint density at radius 3 is 2.83 bits per heavy atom. The zero-order valence-corrected chi connectivity index (χ0v) is 14.1. The number of fused-ring (bicyclic) bond motifs is 1. The van der Waals surface area contributed by atoms with Crippen molar-refractivity contribution < 1.29 is 4.79 Å². The summed E-state index contributed by atoms with van der Waals surface area (Å²) in [6, 6.07) is 6.63. The average Bonchev–Trinajstić information content (AvgIpc) is 3.20. The summed E-state index contributed by atoms with van der Waals surface area (Å²) in [6.45, 7) is 6.52. The van der Waals surface area contributed by atoms with Crippen molar-refractivity contribution >= 4 is 23.3 Å². The second kappa shape index (κ2) is 6.21. The van der Waals surface area contributed by atoms with Crippen molar-refractivity contribution in [1.82, 2.24) is 15.1 Å². The fraction of sp³-hybridized carbons (Fsp3) is 0.588. The quantitative estimate of drug-likeness (QED) is 0.920. The molecular formula is C17H23ClN4O. The van der Waals surface area contributed by atoms with Gasteiger partial charge in [-0.05, 0) is 25.0 Å². The van der Waals surface area contributed by atoms with Gasteiger partial charge in [0.1, 0.15) is 0 Å². The van der Waals surface area contributed by atoms with E-state index in [1.165, 1.54) is 24.1 Å². The molecule has 0 aliphatic carbocycles. The van der Waals surface area contributed by atoms with Gasteiger partial charge in [0, 0.05) is 62.1 Å². The summed E-state index contributed by atoms with van der Waals surface area (Å²) in [4.78, 5) is 18.6. The molecule has 0 unspecified atom stereocenters. The molecule has 4 rings (SSSR count). The molecule has 1 N–H and O–H groups in total. The molecule has 0 radical (unpaired) electrons. The van der Waals surface area contributed by atoms with Gasteiger partial charge < -0.3 is 15.1 Å². The molecular weight excluding hydrogens is 312 g/mol. The van der Waals surface area contributed by atoms with E-state index >= 15 is 0 Å². The van der Waals surface area contributed by atoms with Crippen LogP contribution in [0.3, 0.4) is 0 Å². The fourth-order valence-corrected chi connectivity index (χ4v) is 4.22. The van der Waals surface area contributed by atoms with E-state index in [1.807, 2.05) is 11.0 Å². The van der Waals surface area contributed by atoms with Crippen LogP contribution in [0.1, 0.15) is 18.4 Å². The number of carbonyl (C=O) groups is 1. The van der Waals surface area contributed by atoms with Gasteiger partial charge in [-0.15, -0.1) is 0 Å². The molecule has 0 bridgehead atoms. The number of benzene rings is 1. The van der Waals surface area contributed by atoms with Crippen LogP contribution < -0.4 is 10.2 Å². The Kier molecular flexibility index (Phi) is 4.07. The van der Waals surface area contributed by atoms with Gasteiger partial charge in [-0.2, -0.15) is 0 Å². The Morgan fingerprint density at radius 2 is 2.00 bits per heavy atom. The molecule has 3 heterocycles. The van der Waals surface area contributed by atoms with Gasteiger partial charge in [0.25, 0.3) is 0 Å². The summed E-state index contributed by atoms with van der Waals surface area (Å²) in [7, 11) is 0. The molecule has 1 aromatic rings. The predicted molar refractivity (Wildman–Crippen MR) is 92.1 cm³/mol. The van der Waals surface area contributed by atoms with Crippen molar-refractivity contribution in [2.24, 2.45) is 0 Å². The van der Waals surface area contributed by atoms with E-state index in [1.54, 1.807) is 0 Å². The third-order valence-electron chi connectivity index (χ3n) is 5.24. The SMILES string of the molecule is O=C1NC[C@H]2CN(Cc3c(Cl)cccc3N3CCCC3)CCN12. The highest BCUT2D eigenvalue weighted by Gasteiger charge is 2.35. The first-order chi connectivity index (χ1) is 11.2. The lowest BCUT2D eigenvalue weighted by molar-refractivity contribution is 0.117. The van der Waals surface area contributed by atoms with Crippen molar-refractivity contribution in [3.63, 3.8) is 0 Å². The van der Waals surface area contributed by atoms with E-state index in [-0.39, 0.29) is 6.03 Å². The minimum absolute atomic E-state index is 0.0881. The van der Waals surface area contributed by atoms with Gasteiger partial charge in [-0.1, -0.05) is 17.7 Å². The number of halogens is 1. The number of urea groups is 1. The molecule has 1 atom stereocenters. The third kappa shape index (κ3) is 2.88. The lowest BCUT2D eigenvalue weighted by Crippen LogP contribution is -2.51. The number of hydrogen-bond donors (Lipinski definition) is 1. The summed E-state index contributed by atoms with van der Waals surface area (Å²) in [6.07, 6.45) is 2.53. The molecule has 3 aliphatic heterocycles. The first kappa shape index (κ1) is 15.1. The monoisotopic (exact) mass is 334 g/mol. The Morgan fingerprint density at radius 1 is 1.17 bits per heavy atom. The van der Waals surface area contributed by atoms with E-state index in [9.17, 15) is 4.79 Å². The van der Waals surface area contributed by atoms with Crippen molar-refractivity contribution in [2.45, 2.75) is 25.4 Å². The second-order valence-electron chi connectivity index (χ2n) is 6.70. The number of amides is 2. The van der Waals surface area contributed by atoms with Crippen molar-refractivity contribution in [2.75, 3.05) is 44.2 Å². The van der Waals surface area contributed by atoms with Gasteiger partial charge in [-0.25, -0.2) is 4.79 Å². The largest absolute Gasteiger partial charge is 0.371 e. The fourth-order valence-electron chi connectivity index (χ4n) is 3.99. The third-order valence-corrected chi connectivity index (χ3v) is 5.59. The van der Waals surface area contributed by atoms with Crippen molar-refractivity contribution in [1.29, 1.82) is 0 Å². The molecule has 5 nitrogen and oxygen atoms in total. The Balaban J connectivity index is 1.51. The highest BCUT2D eigenvalue weighted by atomic mass is 35.5. The van der Waals surface area contributed by atoms with E-state index in [2.05, 4.69) is 27.2 Å². The van der Waals surface area contributed by atoms with Crippen LogP contribution in [0.25, 0.3) is 0 Å². The molecule has 0 saturated carbocycles. The van der Waals surface area contributed by atoms with Crippen LogP contribution in [0.2, 0.25) is 5.02 Å². The molecule has 23 heavy (non-hydrogen) atoms. The molecule has 3 fully saturated rings. The van der Waals surface area contributed by atoms with Crippen LogP contribution >= 0.6 is 11.6 Å². The van der Waals surface area contributed by atoms with E-state index in [0.717, 1.165) is 50.8 Å². The Labute approximate surface area is 142 Å². The van der Waals surface area contributed by atoms with Gasteiger partial charge in [-0.3, -0.25) is 4.90 Å². The number of piperazine rings is 1. The molecule has 2 amide bonds. The van der Waals surface area contributed by atoms with E-state index in [0.29, 0.717) is 6.04 Å². The number of hydrogen-bond acceptors (Lipinski definition) is 3. The van der Waals surface area contributed by atoms with E-state index < -0.39 is 0 Å². The minimum atomic E-state index is 0.0881. The number of rotatable bonds is 3. The highest BCUT2D eigenvalue weighted by Crippen LogP contribution is 2.31. The summed E-state index contributed by atoms with van der Waals surface area (Å²) in [5, 5.41) is 3.80. The number of carbonyl (C=O) groups excluding carboxylic acids is 1. The number of nitrogens with one attached hydrogen (secondary N) is 1. The van der Waals surface area contributed by atoms with Crippen molar-refractivity contribution in [3.05, 3.63) is 28.8 Å². The summed E-state index contributed by atoms with van der Waals surface area (Å²) < 4.78 is 0. The van der Waals surface area contributed by atoms with E-state index in [4.69, 9.17) is 11.6 Å². The number of anilines is 1. The molecule has 1 aromatic carbocycles. The summed E-state index contributed by atoms with van der Waals surface area (Å²) >= 11 is 6.53. The second-order valence-corrected chi connectivity index (χ2v) is 7.11. The first-order valence-electron chi connectivity index (χ1n) is 8.51. The van der Waals surface area contributed by atoms with Crippen LogP contribution in [-0.4, -0.2) is 61.1 Å². The van der Waals surface area contributed by atoms with Crippen LogP contribution in [0.5, 0.6) is 0 Å². The van der Waals surface area contributed by atoms with Gasteiger partial charge in [0.2, 0.25) is 0 Å². The zero-order valence-electron chi connectivity index (χ0n) is 13.3. The molecule has 3 aliphatic rings. The van der Waals surface area contributed by atoms with Crippen LogP contribution in [0.15, 0.2) is 18.2 Å². The standard InChI is InChI=1S/C17H23ClN4O/c18-15-4-3-5-16(21-6-1-2-7-21)14(15)12-20-8-9-22-13(11-20)10-19-17(22)23/h3-5,13H,1-2,6-12H2,(H,19,23)/t13-/m0/s1. The topological polar surface area (TPSA) is 38.8 Å². The Hall–Kier alpha value is -1.46. The highest BCUT2D eigenvalue weighted by molar-refractivity contribution is 6.31. The smallest absolute Gasteiger partial charge is 0.317 e. The average molecular weight is 335 g/mol. The maximum atomic E-state index is 11.7. The molecule has 6 heteroatoms.